The molecule has 0 spiro atoms. The number of rotatable bonds is 13. The Bertz CT molecular complexity index is 950. The summed E-state index contributed by atoms with van der Waals surface area (Å²) in [5, 5.41) is 13.8. The Hall–Kier alpha value is -3.07. The molecule has 2 aromatic rings. The minimum atomic E-state index is -0.580. The van der Waals surface area contributed by atoms with E-state index < -0.39 is 11.0 Å². The number of hydrogen-bond donors (Lipinski definition) is 1. The van der Waals surface area contributed by atoms with Crippen LogP contribution in [-0.2, 0) is 21.9 Å². The van der Waals surface area contributed by atoms with Gasteiger partial charge in [0.1, 0.15) is 11.8 Å². The number of nitrogens with zero attached hydrogens (tertiary/aromatic N) is 2. The third-order valence-corrected chi connectivity index (χ3v) is 6.53. The monoisotopic (exact) mass is 487 g/mol. The summed E-state index contributed by atoms with van der Waals surface area (Å²) in [6.07, 6.45) is 1.30. The summed E-state index contributed by atoms with van der Waals surface area (Å²) < 4.78 is 5.21. The first-order chi connectivity index (χ1) is 16.3. The van der Waals surface area contributed by atoms with Crippen molar-refractivity contribution in [2.45, 2.75) is 58.0 Å². The first-order valence-electron chi connectivity index (χ1n) is 11.3. The van der Waals surface area contributed by atoms with Gasteiger partial charge in [0.15, 0.2) is 0 Å². The van der Waals surface area contributed by atoms with Crippen LogP contribution in [0.25, 0.3) is 0 Å². The Morgan fingerprint density at radius 1 is 1.06 bits per heavy atom. The lowest BCUT2D eigenvalue weighted by Gasteiger charge is -2.31. The lowest BCUT2D eigenvalue weighted by atomic mass is 10.1. The van der Waals surface area contributed by atoms with Crippen molar-refractivity contribution >= 4 is 29.3 Å². The molecular weight excluding hydrogens is 454 g/mol. The third kappa shape index (κ3) is 8.06. The largest absolute Gasteiger partial charge is 0.497 e. The van der Waals surface area contributed by atoms with Gasteiger partial charge in [-0.05, 0) is 43.0 Å². The zero-order valence-electron chi connectivity index (χ0n) is 20.2. The maximum atomic E-state index is 13.3. The van der Waals surface area contributed by atoms with Crippen molar-refractivity contribution in [2.75, 3.05) is 12.9 Å². The SMILES string of the molecule is CCC(C)NC(=O)C(CC)N(Cc1ccc(OC)cc1)C(=O)CSCc1ccc([N+](=O)[O-])cc1. The van der Waals surface area contributed by atoms with E-state index in [9.17, 15) is 19.7 Å². The molecule has 0 bridgehead atoms. The molecule has 0 aromatic heterocycles. The quantitative estimate of drug-likeness (QED) is 0.328. The van der Waals surface area contributed by atoms with Crippen LogP contribution in [-0.4, -0.2) is 46.6 Å². The van der Waals surface area contributed by atoms with Gasteiger partial charge in [-0.1, -0.05) is 38.1 Å². The van der Waals surface area contributed by atoms with E-state index in [0.717, 1.165) is 23.3 Å². The lowest BCUT2D eigenvalue weighted by Crippen LogP contribution is -2.51. The summed E-state index contributed by atoms with van der Waals surface area (Å²) in [6.45, 7) is 6.16. The average Bonchev–Trinajstić information content (AvgIpc) is 2.84. The molecule has 0 aliphatic heterocycles. The van der Waals surface area contributed by atoms with Gasteiger partial charge in [-0.25, -0.2) is 0 Å². The van der Waals surface area contributed by atoms with Crippen LogP contribution in [0.1, 0.15) is 44.7 Å². The van der Waals surface area contributed by atoms with E-state index in [-0.39, 0.29) is 29.3 Å². The van der Waals surface area contributed by atoms with Gasteiger partial charge in [0, 0.05) is 30.5 Å². The third-order valence-electron chi connectivity index (χ3n) is 5.54. The van der Waals surface area contributed by atoms with E-state index in [0.29, 0.717) is 18.7 Å². The smallest absolute Gasteiger partial charge is 0.269 e. The summed E-state index contributed by atoms with van der Waals surface area (Å²) in [7, 11) is 1.60. The highest BCUT2D eigenvalue weighted by molar-refractivity contribution is 7.99. The molecule has 34 heavy (non-hydrogen) atoms. The number of benzene rings is 2. The standard InChI is InChI=1S/C25H33N3O5S/c1-5-18(3)26-25(30)23(6-2)27(15-19-9-13-22(33-4)14-10-19)24(29)17-34-16-20-7-11-21(12-8-20)28(31)32/h7-14,18,23H,5-6,15-17H2,1-4H3,(H,26,30). The van der Waals surface area contributed by atoms with Crippen LogP contribution in [0, 0.1) is 10.1 Å². The fourth-order valence-corrected chi connectivity index (χ4v) is 4.21. The molecule has 2 atom stereocenters. The van der Waals surface area contributed by atoms with Crippen molar-refractivity contribution in [3.05, 3.63) is 69.8 Å². The number of nitro groups is 1. The lowest BCUT2D eigenvalue weighted by molar-refractivity contribution is -0.384. The highest BCUT2D eigenvalue weighted by Gasteiger charge is 2.29. The van der Waals surface area contributed by atoms with Gasteiger partial charge in [0.2, 0.25) is 11.8 Å². The topological polar surface area (TPSA) is 102 Å². The van der Waals surface area contributed by atoms with Gasteiger partial charge in [-0.2, -0.15) is 0 Å². The van der Waals surface area contributed by atoms with Gasteiger partial charge in [0.05, 0.1) is 17.8 Å². The molecule has 2 amide bonds. The van der Waals surface area contributed by atoms with Gasteiger partial charge < -0.3 is 15.0 Å². The molecule has 0 aliphatic carbocycles. The zero-order valence-corrected chi connectivity index (χ0v) is 21.0. The normalized spacial score (nSPS) is 12.5. The van der Waals surface area contributed by atoms with Crippen LogP contribution in [0.4, 0.5) is 5.69 Å². The molecule has 0 aliphatic rings. The van der Waals surface area contributed by atoms with E-state index in [1.165, 1.54) is 23.9 Å². The van der Waals surface area contributed by atoms with Gasteiger partial charge >= 0.3 is 0 Å². The molecule has 0 fully saturated rings. The molecular formula is C25H33N3O5S. The first-order valence-corrected chi connectivity index (χ1v) is 12.5. The van der Waals surface area contributed by atoms with Crippen molar-refractivity contribution in [1.29, 1.82) is 0 Å². The number of carbonyl (C=O) groups excluding carboxylic acids is 2. The molecule has 9 heteroatoms. The predicted octanol–water partition coefficient (Wildman–Crippen LogP) is 4.56. The number of nitrogens with one attached hydrogen (secondary N) is 1. The van der Waals surface area contributed by atoms with Crippen LogP contribution in [0.15, 0.2) is 48.5 Å². The van der Waals surface area contributed by atoms with Gasteiger partial charge in [-0.15, -0.1) is 11.8 Å². The number of nitro benzene ring substituents is 1. The fraction of sp³-hybridized carbons (Fsp3) is 0.440. The summed E-state index contributed by atoms with van der Waals surface area (Å²) in [6, 6.07) is 13.2. The van der Waals surface area contributed by atoms with Crippen molar-refractivity contribution < 1.29 is 19.2 Å². The van der Waals surface area contributed by atoms with Gasteiger partial charge in [0.25, 0.3) is 5.69 Å². The van der Waals surface area contributed by atoms with Crippen molar-refractivity contribution in [3.8, 4) is 5.75 Å². The highest BCUT2D eigenvalue weighted by atomic mass is 32.2. The molecule has 0 heterocycles. The van der Waals surface area contributed by atoms with Crippen molar-refractivity contribution in [3.63, 3.8) is 0 Å². The molecule has 8 nitrogen and oxygen atoms in total. The molecule has 2 aromatic carbocycles. The number of amides is 2. The van der Waals surface area contributed by atoms with Crippen LogP contribution < -0.4 is 10.1 Å². The summed E-state index contributed by atoms with van der Waals surface area (Å²) in [5.41, 5.74) is 1.84. The van der Waals surface area contributed by atoms with E-state index in [4.69, 9.17) is 4.74 Å². The minimum Gasteiger partial charge on any atom is -0.497 e. The molecule has 2 unspecified atom stereocenters. The molecule has 1 N–H and O–H groups in total. The van der Waals surface area contributed by atoms with E-state index >= 15 is 0 Å². The van der Waals surface area contributed by atoms with Crippen LogP contribution >= 0.6 is 11.8 Å². The second-order valence-electron chi connectivity index (χ2n) is 8.03. The summed E-state index contributed by atoms with van der Waals surface area (Å²) in [4.78, 5) is 38.3. The van der Waals surface area contributed by atoms with E-state index in [1.807, 2.05) is 45.0 Å². The Morgan fingerprint density at radius 2 is 1.68 bits per heavy atom. The number of thioether (sulfide) groups is 1. The maximum absolute atomic E-state index is 13.3. The first kappa shape index (κ1) is 27.2. The summed E-state index contributed by atoms with van der Waals surface area (Å²) in [5.74, 6) is 1.17. The Balaban J connectivity index is 2.12. The van der Waals surface area contributed by atoms with E-state index in [2.05, 4.69) is 5.32 Å². The van der Waals surface area contributed by atoms with E-state index in [1.54, 1.807) is 24.1 Å². The molecule has 0 saturated carbocycles. The molecule has 0 radical (unpaired) electrons. The molecule has 0 saturated heterocycles. The highest BCUT2D eigenvalue weighted by Crippen LogP contribution is 2.20. The minimum absolute atomic E-state index is 0.0241. The maximum Gasteiger partial charge on any atom is 0.269 e. The number of hydrogen-bond acceptors (Lipinski definition) is 6. The Kier molecular flexibility index (Phi) is 10.9. The number of methoxy groups -OCH3 is 1. The summed E-state index contributed by atoms with van der Waals surface area (Å²) >= 11 is 1.42. The zero-order chi connectivity index (χ0) is 25.1. The average molecular weight is 488 g/mol. The van der Waals surface area contributed by atoms with Crippen LogP contribution in [0.3, 0.4) is 0 Å². The second-order valence-corrected chi connectivity index (χ2v) is 9.01. The number of non-ortho nitro benzene ring substituents is 1. The number of carbonyl (C=O) groups is 2. The fourth-order valence-electron chi connectivity index (χ4n) is 3.34. The van der Waals surface area contributed by atoms with Crippen molar-refractivity contribution in [1.82, 2.24) is 10.2 Å². The van der Waals surface area contributed by atoms with Crippen LogP contribution in [0.2, 0.25) is 0 Å². The molecule has 184 valence electrons. The Morgan fingerprint density at radius 3 is 2.21 bits per heavy atom. The van der Waals surface area contributed by atoms with Gasteiger partial charge in [-0.3, -0.25) is 19.7 Å². The second kappa shape index (κ2) is 13.6. The number of ether oxygens (including phenoxy) is 1. The Labute approximate surface area is 205 Å². The predicted molar refractivity (Wildman–Crippen MR) is 135 cm³/mol. The molecule has 2 rings (SSSR count). The van der Waals surface area contributed by atoms with Crippen LogP contribution in [0.5, 0.6) is 5.75 Å². The van der Waals surface area contributed by atoms with Crippen molar-refractivity contribution in [2.24, 2.45) is 0 Å².